The predicted octanol–water partition coefficient (Wildman–Crippen LogP) is 3.57. The lowest BCUT2D eigenvalue weighted by molar-refractivity contribution is 0.187. The Morgan fingerprint density at radius 2 is 2.27 bits per heavy atom. The largest absolute Gasteiger partial charge is 0.496 e. The number of methoxy groups -OCH3 is 1. The molecule has 1 aromatic carbocycles. The van der Waals surface area contributed by atoms with Gasteiger partial charge in [0.1, 0.15) is 11.6 Å². The van der Waals surface area contributed by atoms with Gasteiger partial charge in [0, 0.05) is 11.6 Å². The monoisotopic (exact) mass is 303 g/mol. The van der Waals surface area contributed by atoms with Crippen molar-refractivity contribution in [3.05, 3.63) is 30.1 Å². The maximum Gasteiger partial charge on any atom is 0.405 e. The summed E-state index contributed by atoms with van der Waals surface area (Å²) >= 11 is 0. The molecule has 1 heterocycles. The minimum Gasteiger partial charge on any atom is -0.496 e. The second-order valence-corrected chi connectivity index (χ2v) is 5.57. The molecule has 6 heteroatoms. The van der Waals surface area contributed by atoms with Gasteiger partial charge in [0.15, 0.2) is 0 Å². The summed E-state index contributed by atoms with van der Waals surface area (Å²) in [6.45, 7) is 7.84. The van der Waals surface area contributed by atoms with Crippen LogP contribution < -0.4 is 10.1 Å². The topological polar surface area (TPSA) is 87.2 Å². The van der Waals surface area contributed by atoms with Crippen LogP contribution in [0.15, 0.2) is 18.7 Å². The molecule has 6 nitrogen and oxygen atoms in total. The zero-order chi connectivity index (χ0) is 16.3. The molecule has 1 unspecified atom stereocenters. The molecular weight excluding hydrogens is 282 g/mol. The molecule has 0 aliphatic rings. The van der Waals surface area contributed by atoms with Crippen molar-refractivity contribution in [2.75, 3.05) is 7.11 Å². The number of aromatic nitrogens is 2. The molecule has 0 saturated heterocycles. The molecule has 1 aromatic heterocycles. The van der Waals surface area contributed by atoms with E-state index in [2.05, 4.69) is 21.9 Å². The Hall–Kier alpha value is -2.50. The van der Waals surface area contributed by atoms with Crippen molar-refractivity contribution in [1.29, 1.82) is 0 Å². The number of nitrogens with one attached hydrogen (secondary N) is 2. The number of hydrogen-bond acceptors (Lipinski definition) is 3. The van der Waals surface area contributed by atoms with Gasteiger partial charge in [-0.25, -0.2) is 9.78 Å². The van der Waals surface area contributed by atoms with E-state index in [1.807, 2.05) is 26.0 Å². The van der Waals surface area contributed by atoms with Gasteiger partial charge in [0.25, 0.3) is 0 Å². The number of hydrogen-bond donors (Lipinski definition) is 3. The Balaban J connectivity index is 2.45. The van der Waals surface area contributed by atoms with E-state index < -0.39 is 6.09 Å². The van der Waals surface area contributed by atoms with Crippen LogP contribution >= 0.6 is 0 Å². The quantitative estimate of drug-likeness (QED) is 0.761. The highest BCUT2D eigenvalue weighted by atomic mass is 16.5. The average molecular weight is 303 g/mol. The van der Waals surface area contributed by atoms with Gasteiger partial charge in [0.05, 0.1) is 24.2 Å². The Morgan fingerprint density at radius 3 is 2.82 bits per heavy atom. The van der Waals surface area contributed by atoms with Crippen LogP contribution in [0.5, 0.6) is 5.75 Å². The Labute approximate surface area is 129 Å². The van der Waals surface area contributed by atoms with E-state index >= 15 is 0 Å². The summed E-state index contributed by atoms with van der Waals surface area (Å²) in [6, 6.07) is 3.34. The number of rotatable bonds is 6. The zero-order valence-electron chi connectivity index (χ0n) is 13.0. The first-order valence-corrected chi connectivity index (χ1v) is 7.14. The highest BCUT2D eigenvalue weighted by Gasteiger charge is 2.20. The first kappa shape index (κ1) is 15.9. The number of imidazole rings is 1. The summed E-state index contributed by atoms with van der Waals surface area (Å²) in [6.07, 6.45) is 1.31. The van der Waals surface area contributed by atoms with Crippen molar-refractivity contribution in [3.63, 3.8) is 0 Å². The van der Waals surface area contributed by atoms with Gasteiger partial charge in [-0.05, 0) is 18.4 Å². The molecule has 1 amide bonds. The maximum absolute atomic E-state index is 11.0. The fourth-order valence-corrected chi connectivity index (χ4v) is 2.43. The summed E-state index contributed by atoms with van der Waals surface area (Å²) in [5, 5.41) is 11.5. The van der Waals surface area contributed by atoms with Gasteiger partial charge in [0.2, 0.25) is 0 Å². The van der Waals surface area contributed by atoms with E-state index in [-0.39, 0.29) is 6.04 Å². The number of benzene rings is 1. The second kappa shape index (κ2) is 6.51. The molecule has 1 atom stereocenters. The van der Waals surface area contributed by atoms with Crippen LogP contribution in [0.4, 0.5) is 4.79 Å². The van der Waals surface area contributed by atoms with Crippen LogP contribution in [-0.4, -0.2) is 28.3 Å². The normalized spacial score (nSPS) is 12.4. The van der Waals surface area contributed by atoms with Crippen molar-refractivity contribution >= 4 is 23.2 Å². The first-order valence-electron chi connectivity index (χ1n) is 7.14. The summed E-state index contributed by atoms with van der Waals surface area (Å²) in [5.74, 6) is 1.63. The Morgan fingerprint density at radius 1 is 1.55 bits per heavy atom. The van der Waals surface area contributed by atoms with E-state index in [1.54, 1.807) is 13.2 Å². The van der Waals surface area contributed by atoms with Crippen molar-refractivity contribution < 1.29 is 14.6 Å². The van der Waals surface area contributed by atoms with E-state index in [0.717, 1.165) is 16.6 Å². The highest BCUT2D eigenvalue weighted by molar-refractivity contribution is 5.81. The number of amides is 1. The molecule has 0 fully saturated rings. The number of ether oxygens (including phenoxy) is 1. The summed E-state index contributed by atoms with van der Waals surface area (Å²) in [4.78, 5) is 18.7. The van der Waals surface area contributed by atoms with Gasteiger partial charge < -0.3 is 20.1 Å². The molecule has 0 spiro atoms. The summed E-state index contributed by atoms with van der Waals surface area (Å²) < 4.78 is 5.31. The van der Waals surface area contributed by atoms with Crippen molar-refractivity contribution in [2.45, 2.75) is 26.3 Å². The predicted molar refractivity (Wildman–Crippen MR) is 86.1 cm³/mol. The maximum atomic E-state index is 11.0. The number of H-pyrrole nitrogens is 1. The van der Waals surface area contributed by atoms with Crippen LogP contribution in [-0.2, 0) is 0 Å². The molecule has 22 heavy (non-hydrogen) atoms. The van der Waals surface area contributed by atoms with Crippen LogP contribution in [0, 0.1) is 5.92 Å². The molecule has 0 radical (unpaired) electrons. The fraction of sp³-hybridized carbons (Fsp3) is 0.375. The van der Waals surface area contributed by atoms with Crippen LogP contribution in [0.1, 0.15) is 37.7 Å². The third-order valence-electron chi connectivity index (χ3n) is 3.41. The van der Waals surface area contributed by atoms with Crippen LogP contribution in [0.2, 0.25) is 0 Å². The minimum atomic E-state index is -1.06. The number of aromatic amines is 1. The Bertz CT molecular complexity index is 691. The number of fused-ring (bicyclic) bond motifs is 1. The number of carboxylic acid groups (broad SMARTS) is 1. The highest BCUT2D eigenvalue weighted by Crippen LogP contribution is 2.28. The second-order valence-electron chi connectivity index (χ2n) is 5.57. The minimum absolute atomic E-state index is 0.336. The molecule has 2 rings (SSSR count). The summed E-state index contributed by atoms with van der Waals surface area (Å²) in [7, 11) is 1.59. The summed E-state index contributed by atoms with van der Waals surface area (Å²) in [5.41, 5.74) is 2.42. The van der Waals surface area contributed by atoms with Gasteiger partial charge in [-0.2, -0.15) is 0 Å². The van der Waals surface area contributed by atoms with Crippen LogP contribution in [0.3, 0.4) is 0 Å². The zero-order valence-corrected chi connectivity index (χ0v) is 13.0. The van der Waals surface area contributed by atoms with Crippen molar-refractivity contribution in [3.8, 4) is 5.75 Å². The number of carbonyl (C=O) groups is 1. The smallest absolute Gasteiger partial charge is 0.405 e. The van der Waals surface area contributed by atoms with E-state index in [9.17, 15) is 4.79 Å². The molecular formula is C16H21N3O3. The molecule has 2 aromatic rings. The lowest BCUT2D eigenvalue weighted by Gasteiger charge is -2.16. The third kappa shape index (κ3) is 3.39. The SMILES string of the molecule is C=Cc1cc2[nH]c(C(CC(C)C)NC(=O)O)nc2cc1OC. The Kier molecular flexibility index (Phi) is 4.70. The first-order chi connectivity index (χ1) is 10.4. The lowest BCUT2D eigenvalue weighted by Crippen LogP contribution is -2.28. The number of nitrogens with zero attached hydrogens (tertiary/aromatic N) is 1. The average Bonchev–Trinajstić information content (AvgIpc) is 2.86. The molecule has 0 aliphatic carbocycles. The lowest BCUT2D eigenvalue weighted by atomic mass is 10.0. The molecule has 0 saturated carbocycles. The standard InChI is InChI=1S/C16H21N3O3/c1-5-10-7-11-12(8-14(10)22-4)18-15(17-11)13(6-9(2)3)19-16(20)21/h5,7-9,13,19H,1,6H2,2-4H3,(H,17,18)(H,20,21). The van der Waals surface area contributed by atoms with Gasteiger partial charge in [-0.1, -0.05) is 26.5 Å². The van der Waals surface area contributed by atoms with E-state index in [0.29, 0.717) is 23.9 Å². The van der Waals surface area contributed by atoms with Crippen LogP contribution in [0.25, 0.3) is 17.1 Å². The van der Waals surface area contributed by atoms with Crippen molar-refractivity contribution in [2.24, 2.45) is 5.92 Å². The van der Waals surface area contributed by atoms with E-state index in [1.165, 1.54) is 0 Å². The fourth-order valence-electron chi connectivity index (χ4n) is 2.43. The third-order valence-corrected chi connectivity index (χ3v) is 3.41. The molecule has 3 N–H and O–H groups in total. The van der Waals surface area contributed by atoms with Gasteiger partial charge in [-0.15, -0.1) is 0 Å². The van der Waals surface area contributed by atoms with E-state index in [4.69, 9.17) is 9.84 Å². The van der Waals surface area contributed by atoms with Crippen molar-refractivity contribution in [1.82, 2.24) is 15.3 Å². The van der Waals surface area contributed by atoms with Gasteiger partial charge in [-0.3, -0.25) is 0 Å². The molecule has 0 aliphatic heterocycles. The van der Waals surface area contributed by atoms with Gasteiger partial charge >= 0.3 is 6.09 Å². The molecule has 0 bridgehead atoms. The molecule has 118 valence electrons.